The van der Waals surface area contributed by atoms with Crippen molar-refractivity contribution in [3.63, 3.8) is 0 Å². The maximum atomic E-state index is 14.5. The second kappa shape index (κ2) is 10.1. The molecule has 2 heterocycles. The largest absolute Gasteiger partial charge is 0.416 e. The van der Waals surface area contributed by atoms with E-state index in [1.54, 1.807) is 24.8 Å². The van der Waals surface area contributed by atoms with Crippen LogP contribution >= 0.6 is 11.3 Å². The fourth-order valence-corrected chi connectivity index (χ4v) is 5.94. The van der Waals surface area contributed by atoms with Gasteiger partial charge in [0.25, 0.3) is 15.9 Å². The predicted molar refractivity (Wildman–Crippen MR) is 135 cm³/mol. The highest BCUT2D eigenvalue weighted by molar-refractivity contribution is 7.91. The number of alkyl halides is 3. The van der Waals surface area contributed by atoms with E-state index >= 15 is 0 Å². The first kappa shape index (κ1) is 27.1. The third kappa shape index (κ3) is 5.80. The van der Waals surface area contributed by atoms with Gasteiger partial charge in [0.15, 0.2) is 0 Å². The summed E-state index contributed by atoms with van der Waals surface area (Å²) in [5, 5.41) is 0.454. The lowest BCUT2D eigenvalue weighted by Gasteiger charge is -2.33. The first-order chi connectivity index (χ1) is 17.3. The first-order valence-electron chi connectivity index (χ1n) is 11.5. The molecule has 1 amide bonds. The van der Waals surface area contributed by atoms with Gasteiger partial charge >= 0.3 is 6.18 Å². The van der Waals surface area contributed by atoms with Crippen LogP contribution in [0.1, 0.15) is 50.8 Å². The number of carbonyl (C=O) groups is 1. The van der Waals surface area contributed by atoms with E-state index in [-0.39, 0.29) is 22.0 Å². The third-order valence-corrected chi connectivity index (χ3v) is 8.32. The predicted octanol–water partition coefficient (Wildman–Crippen LogP) is 6.12. The van der Waals surface area contributed by atoms with Crippen LogP contribution in [0.25, 0.3) is 10.6 Å². The molecule has 1 aliphatic heterocycles. The number of nitrogens with zero attached hydrogens (tertiary/aromatic N) is 3. The summed E-state index contributed by atoms with van der Waals surface area (Å²) in [5.41, 5.74) is 1.37. The molecule has 1 aromatic heterocycles. The summed E-state index contributed by atoms with van der Waals surface area (Å²) in [6.45, 7) is 4.18. The maximum Gasteiger partial charge on any atom is 0.416 e. The minimum absolute atomic E-state index is 0.0528. The Hall–Kier alpha value is -2.99. The van der Waals surface area contributed by atoms with Crippen molar-refractivity contribution in [2.24, 2.45) is 0 Å². The molecule has 6 nitrogen and oxygen atoms in total. The lowest BCUT2D eigenvalue weighted by atomic mass is 9.89. The van der Waals surface area contributed by atoms with Crippen LogP contribution < -0.4 is 4.53 Å². The minimum Gasteiger partial charge on any atom is -0.337 e. The number of aryl methyl sites for hydroxylation is 2. The van der Waals surface area contributed by atoms with Gasteiger partial charge in [0.1, 0.15) is 9.88 Å². The van der Waals surface area contributed by atoms with Gasteiger partial charge in [-0.2, -0.15) is 13.2 Å². The summed E-state index contributed by atoms with van der Waals surface area (Å²) in [7, 11) is -4.08. The number of piperidine rings is 1. The number of likely N-dealkylation sites (tertiary alicyclic amines) is 1. The Labute approximate surface area is 216 Å². The van der Waals surface area contributed by atoms with Crippen molar-refractivity contribution in [1.29, 1.82) is 0 Å². The molecule has 198 valence electrons. The van der Waals surface area contributed by atoms with Crippen LogP contribution in [-0.4, -0.2) is 43.6 Å². The first-order valence-corrected chi connectivity index (χ1v) is 14.1. The molecular weight excluding hydrogens is 530 g/mol. The van der Waals surface area contributed by atoms with Crippen LogP contribution in [0.15, 0.2) is 42.5 Å². The normalized spacial score (nSPS) is 16.6. The number of thiazole rings is 1. The van der Waals surface area contributed by atoms with E-state index in [1.165, 1.54) is 18.2 Å². The third-order valence-electron chi connectivity index (χ3n) is 6.34. The molecule has 0 spiro atoms. The molecule has 1 unspecified atom stereocenters. The molecular formula is C25H25F4N3O3S2. The molecule has 0 radical (unpaired) electrons. The molecule has 3 aromatic rings. The highest BCUT2D eigenvalue weighted by atomic mass is 32.2. The number of carbonyl (C=O) groups excluding carboxylic acids is 1. The van der Waals surface area contributed by atoms with Gasteiger partial charge in [0.05, 0.1) is 23.2 Å². The van der Waals surface area contributed by atoms with Gasteiger partial charge in [-0.1, -0.05) is 28.7 Å². The van der Waals surface area contributed by atoms with Gasteiger partial charge < -0.3 is 4.90 Å². The molecule has 12 heteroatoms. The maximum absolute atomic E-state index is 14.5. The summed E-state index contributed by atoms with van der Waals surface area (Å²) in [6, 6.07) is 9.64. The van der Waals surface area contributed by atoms with Crippen molar-refractivity contribution in [2.75, 3.05) is 23.9 Å². The molecule has 0 aliphatic carbocycles. The van der Waals surface area contributed by atoms with Crippen LogP contribution in [0.5, 0.6) is 0 Å². The molecule has 0 saturated carbocycles. The van der Waals surface area contributed by atoms with Crippen LogP contribution in [0.2, 0.25) is 0 Å². The molecule has 1 atom stereocenters. The number of halogens is 4. The Morgan fingerprint density at radius 2 is 1.81 bits per heavy atom. The molecule has 1 saturated heterocycles. The quantitative estimate of drug-likeness (QED) is 0.281. The Morgan fingerprint density at radius 1 is 1.14 bits per heavy atom. The number of amides is 1. The van der Waals surface area contributed by atoms with E-state index < -0.39 is 21.8 Å². The minimum atomic E-state index is -4.44. The van der Waals surface area contributed by atoms with Gasteiger partial charge in [-0.05, 0) is 56.0 Å². The average molecular weight is 556 g/mol. The van der Waals surface area contributed by atoms with Gasteiger partial charge in [0.2, 0.25) is 0 Å². The molecule has 1 aliphatic rings. The van der Waals surface area contributed by atoms with Crippen molar-refractivity contribution < 1.29 is 30.9 Å². The lowest BCUT2D eigenvalue weighted by Crippen LogP contribution is -2.39. The van der Waals surface area contributed by atoms with Crippen molar-refractivity contribution in [1.82, 2.24) is 9.88 Å². The zero-order chi connectivity index (χ0) is 27.1. The Balaban J connectivity index is 1.54. The Kier molecular flexibility index (Phi) is 7.35. The standard InChI is InChI=1S/C25H25F4N3O3S2/c1-15-6-7-18(13-21(15)32(29)37(3,34)35)19-5-4-12-31(14-19)24(33)22-16(2)30-23(36-22)17-8-10-20(11-9-17)25(26,27)28/h6-11,13,19H,4-5,12,14H2,1-3H3. The summed E-state index contributed by atoms with van der Waals surface area (Å²) in [6.07, 6.45) is -2.20. The second-order valence-corrected chi connectivity index (χ2v) is 11.9. The monoisotopic (exact) mass is 555 g/mol. The molecule has 37 heavy (non-hydrogen) atoms. The highest BCUT2D eigenvalue weighted by Gasteiger charge is 2.31. The van der Waals surface area contributed by atoms with Crippen LogP contribution in [-0.2, 0) is 16.2 Å². The zero-order valence-corrected chi connectivity index (χ0v) is 22.0. The topological polar surface area (TPSA) is 70.6 Å². The SMILES string of the molecule is Cc1ccc(C2CCCN(C(=O)c3sc(-c4ccc(C(F)(F)F)cc4)nc3C)C2)cc1N(F)S(C)(=O)=O. The zero-order valence-electron chi connectivity index (χ0n) is 20.3. The summed E-state index contributed by atoms with van der Waals surface area (Å²) in [4.78, 5) is 19.9. The number of benzene rings is 2. The number of hydrogen-bond acceptors (Lipinski definition) is 5. The number of sulfonamides is 1. The highest BCUT2D eigenvalue weighted by Crippen LogP contribution is 2.36. The van der Waals surface area contributed by atoms with Gasteiger partial charge in [-0.15, -0.1) is 15.9 Å². The van der Waals surface area contributed by atoms with E-state index in [0.717, 1.165) is 41.7 Å². The van der Waals surface area contributed by atoms with E-state index in [4.69, 9.17) is 0 Å². The van der Waals surface area contributed by atoms with Crippen molar-refractivity contribution in [2.45, 2.75) is 38.8 Å². The number of aromatic nitrogens is 1. The summed E-state index contributed by atoms with van der Waals surface area (Å²) in [5.74, 6) is -0.346. The Bertz CT molecular complexity index is 1420. The fraction of sp³-hybridized carbons (Fsp3) is 0.360. The van der Waals surface area contributed by atoms with Gasteiger partial charge in [-0.25, -0.2) is 13.4 Å². The van der Waals surface area contributed by atoms with Crippen molar-refractivity contribution in [3.8, 4) is 10.6 Å². The summed E-state index contributed by atoms with van der Waals surface area (Å²) >= 11 is 1.13. The lowest BCUT2D eigenvalue weighted by molar-refractivity contribution is -0.137. The molecule has 0 N–H and O–H groups in total. The van der Waals surface area contributed by atoms with E-state index in [1.807, 2.05) is 6.07 Å². The number of anilines is 1. The van der Waals surface area contributed by atoms with Crippen molar-refractivity contribution in [3.05, 3.63) is 69.7 Å². The van der Waals surface area contributed by atoms with Crippen LogP contribution in [0.4, 0.5) is 23.3 Å². The van der Waals surface area contributed by atoms with Crippen LogP contribution in [0, 0.1) is 13.8 Å². The van der Waals surface area contributed by atoms with E-state index in [0.29, 0.717) is 46.2 Å². The molecule has 0 bridgehead atoms. The Morgan fingerprint density at radius 3 is 2.43 bits per heavy atom. The molecule has 4 rings (SSSR count). The average Bonchev–Trinajstić information content (AvgIpc) is 3.24. The second-order valence-electron chi connectivity index (χ2n) is 9.12. The number of rotatable bonds is 5. The molecule has 1 fully saturated rings. The summed E-state index contributed by atoms with van der Waals surface area (Å²) < 4.78 is 76.3. The van der Waals surface area contributed by atoms with E-state index in [9.17, 15) is 30.9 Å². The molecule has 2 aromatic carbocycles. The number of hydrogen-bond donors (Lipinski definition) is 0. The van der Waals surface area contributed by atoms with E-state index in [2.05, 4.69) is 4.98 Å². The van der Waals surface area contributed by atoms with Gasteiger partial charge in [-0.3, -0.25) is 4.79 Å². The van der Waals surface area contributed by atoms with Crippen LogP contribution in [0.3, 0.4) is 0 Å². The van der Waals surface area contributed by atoms with Crippen molar-refractivity contribution >= 4 is 33.0 Å². The van der Waals surface area contributed by atoms with Gasteiger partial charge in [0, 0.05) is 24.6 Å². The fourth-order valence-electron chi connectivity index (χ4n) is 4.35. The smallest absolute Gasteiger partial charge is 0.337 e.